The van der Waals surface area contributed by atoms with Gasteiger partial charge in [0, 0.05) is 24.8 Å². The lowest BCUT2D eigenvalue weighted by atomic mass is 9.98. The molecule has 0 radical (unpaired) electrons. The first-order chi connectivity index (χ1) is 10.6. The van der Waals surface area contributed by atoms with Gasteiger partial charge >= 0.3 is 0 Å². The smallest absolute Gasteiger partial charge is 0.145 e. The van der Waals surface area contributed by atoms with Crippen LogP contribution in [0.15, 0.2) is 12.1 Å². The zero-order valence-corrected chi connectivity index (χ0v) is 17.0. The topological polar surface area (TPSA) is 18.5 Å². The molecule has 0 aliphatic rings. The van der Waals surface area contributed by atoms with E-state index in [1.54, 1.807) is 7.11 Å². The minimum atomic E-state index is -0.879. The van der Waals surface area contributed by atoms with Crippen molar-refractivity contribution in [3.8, 4) is 0 Å². The standard InChI is InChI=1S/C16H23F3O.CH6OSi/c1-11(2)20-16(3,4)8-6-5-7-13-14(18)9-12(17)10-15(13)19;1-2-3/h9-11H,5-8H2,1-4H3;1,3H3. The highest BCUT2D eigenvalue weighted by Crippen LogP contribution is 2.22. The predicted octanol–water partition coefficient (Wildman–Crippen LogP) is 3.93. The number of ether oxygens (including phenoxy) is 1. The van der Waals surface area contributed by atoms with E-state index in [9.17, 15) is 13.2 Å². The van der Waals surface area contributed by atoms with Crippen LogP contribution in [0.5, 0.6) is 0 Å². The average molecular weight is 350 g/mol. The van der Waals surface area contributed by atoms with Crippen LogP contribution in [0, 0.1) is 17.5 Å². The largest absolute Gasteiger partial charge is 0.431 e. The van der Waals surface area contributed by atoms with Crippen LogP contribution in [-0.4, -0.2) is 29.3 Å². The summed E-state index contributed by atoms with van der Waals surface area (Å²) in [7, 11) is 2.56. The lowest BCUT2D eigenvalue weighted by molar-refractivity contribution is -0.0614. The molecule has 0 spiro atoms. The molecule has 0 heterocycles. The van der Waals surface area contributed by atoms with Crippen molar-refractivity contribution in [3.63, 3.8) is 0 Å². The molecule has 0 saturated heterocycles. The maximum absolute atomic E-state index is 13.4. The Labute approximate surface area is 140 Å². The van der Waals surface area contributed by atoms with Crippen LogP contribution < -0.4 is 0 Å². The quantitative estimate of drug-likeness (QED) is 0.548. The zero-order chi connectivity index (χ0) is 18.0. The fourth-order valence-electron chi connectivity index (χ4n) is 2.36. The third kappa shape index (κ3) is 9.79. The van der Waals surface area contributed by atoms with Crippen LogP contribution in [0.25, 0.3) is 0 Å². The third-order valence-electron chi connectivity index (χ3n) is 3.12. The van der Waals surface area contributed by atoms with Crippen molar-refractivity contribution in [1.82, 2.24) is 0 Å². The third-order valence-corrected chi connectivity index (χ3v) is 3.12. The molecule has 0 amide bonds. The van der Waals surface area contributed by atoms with Crippen LogP contribution in [0.1, 0.15) is 52.5 Å². The van der Waals surface area contributed by atoms with Crippen molar-refractivity contribution in [3.05, 3.63) is 35.1 Å². The molecule has 1 aromatic rings. The minimum Gasteiger partial charge on any atom is -0.431 e. The molecule has 6 heteroatoms. The molecule has 0 aromatic heterocycles. The second kappa shape index (κ2) is 10.8. The van der Waals surface area contributed by atoms with E-state index >= 15 is 0 Å². The van der Waals surface area contributed by atoms with Gasteiger partial charge in [0.25, 0.3) is 0 Å². The van der Waals surface area contributed by atoms with Crippen LogP contribution in [0.4, 0.5) is 13.2 Å². The van der Waals surface area contributed by atoms with Crippen LogP contribution in [-0.2, 0) is 15.6 Å². The van der Waals surface area contributed by atoms with E-state index in [0.29, 0.717) is 6.42 Å². The van der Waals surface area contributed by atoms with E-state index in [1.807, 2.05) is 27.7 Å². The Kier molecular flexibility index (Phi) is 10.4. The van der Waals surface area contributed by atoms with E-state index in [2.05, 4.69) is 4.43 Å². The highest BCUT2D eigenvalue weighted by molar-refractivity contribution is 5.97. The molecule has 0 atom stereocenters. The maximum atomic E-state index is 13.4. The molecule has 0 aliphatic heterocycles. The van der Waals surface area contributed by atoms with Gasteiger partial charge in [-0.2, -0.15) is 0 Å². The van der Waals surface area contributed by atoms with Gasteiger partial charge in [-0.25, -0.2) is 13.2 Å². The number of rotatable bonds is 7. The molecule has 1 rings (SSSR count). The minimum absolute atomic E-state index is 0.0333. The molecule has 23 heavy (non-hydrogen) atoms. The molecule has 0 unspecified atom stereocenters. The van der Waals surface area contributed by atoms with Gasteiger partial charge in [0.1, 0.15) is 27.9 Å². The summed E-state index contributed by atoms with van der Waals surface area (Å²) in [6.07, 6.45) is 2.68. The number of benzene rings is 1. The number of hydrogen-bond acceptors (Lipinski definition) is 2. The number of halogens is 3. The van der Waals surface area contributed by atoms with Crippen LogP contribution >= 0.6 is 0 Å². The summed E-state index contributed by atoms with van der Waals surface area (Å²) in [6.45, 7) is 7.97. The summed E-state index contributed by atoms with van der Waals surface area (Å²) < 4.78 is 49.8. The van der Waals surface area contributed by atoms with E-state index in [-0.39, 0.29) is 23.7 Å². The molecule has 0 fully saturated rings. The first kappa shape index (κ1) is 22.1. The van der Waals surface area contributed by atoms with E-state index in [1.165, 1.54) is 0 Å². The lowest BCUT2D eigenvalue weighted by Crippen LogP contribution is -2.27. The molecule has 0 aliphatic carbocycles. The molecule has 0 bridgehead atoms. The Balaban J connectivity index is 0.00000149. The van der Waals surface area contributed by atoms with Gasteiger partial charge in [-0.15, -0.1) is 0 Å². The zero-order valence-electron chi connectivity index (χ0n) is 15.0. The van der Waals surface area contributed by atoms with Gasteiger partial charge < -0.3 is 9.16 Å². The Hall–Kier alpha value is -0.853. The molecule has 0 saturated carbocycles. The van der Waals surface area contributed by atoms with Crippen molar-refractivity contribution in [2.75, 3.05) is 7.11 Å². The first-order valence-electron chi connectivity index (χ1n) is 7.84. The van der Waals surface area contributed by atoms with Crippen LogP contribution in [0.3, 0.4) is 0 Å². The Morgan fingerprint density at radius 3 is 2.00 bits per heavy atom. The SMILES string of the molecule is CC(C)OC(C)(C)CCCCc1c(F)cc(F)cc1F.CO[SiH3]. The molecule has 134 valence electrons. The van der Waals surface area contributed by atoms with Gasteiger partial charge in [0.2, 0.25) is 0 Å². The summed E-state index contributed by atoms with van der Waals surface area (Å²) in [5.74, 6) is -2.49. The normalized spacial score (nSPS) is 11.5. The number of unbranched alkanes of at least 4 members (excludes halogenated alkanes) is 1. The van der Waals surface area contributed by atoms with Crippen molar-refractivity contribution >= 4 is 10.5 Å². The summed E-state index contributed by atoms with van der Waals surface area (Å²) in [4.78, 5) is 0. The van der Waals surface area contributed by atoms with Gasteiger partial charge in [-0.1, -0.05) is 6.42 Å². The predicted molar refractivity (Wildman–Crippen MR) is 91.1 cm³/mol. The highest BCUT2D eigenvalue weighted by Gasteiger charge is 2.19. The maximum Gasteiger partial charge on any atom is 0.145 e. The Morgan fingerprint density at radius 1 is 1.09 bits per heavy atom. The summed E-state index contributed by atoms with van der Waals surface area (Å²) in [5, 5.41) is 0. The van der Waals surface area contributed by atoms with E-state index in [4.69, 9.17) is 4.74 Å². The van der Waals surface area contributed by atoms with Gasteiger partial charge in [-0.05, 0) is 47.0 Å². The van der Waals surface area contributed by atoms with Crippen molar-refractivity contribution < 1.29 is 22.3 Å². The molecule has 1 aromatic carbocycles. The molecular formula is C17H29F3O2Si. The molecule has 2 nitrogen and oxygen atoms in total. The monoisotopic (exact) mass is 350 g/mol. The van der Waals surface area contributed by atoms with Crippen LogP contribution in [0.2, 0.25) is 0 Å². The fourth-order valence-corrected chi connectivity index (χ4v) is 2.36. The summed E-state index contributed by atoms with van der Waals surface area (Å²) in [5.41, 5.74) is -0.275. The Bertz CT molecular complexity index is 442. The fraction of sp³-hybridized carbons (Fsp3) is 0.647. The number of hydrogen-bond donors (Lipinski definition) is 0. The van der Waals surface area contributed by atoms with Gasteiger partial charge in [-0.3, -0.25) is 0 Å². The van der Waals surface area contributed by atoms with E-state index in [0.717, 1.165) is 35.5 Å². The van der Waals surface area contributed by atoms with Gasteiger partial charge in [0.05, 0.1) is 11.7 Å². The van der Waals surface area contributed by atoms with Gasteiger partial charge in [0.15, 0.2) is 0 Å². The average Bonchev–Trinajstić information content (AvgIpc) is 2.35. The summed E-state index contributed by atoms with van der Waals surface area (Å²) in [6, 6.07) is 1.45. The second-order valence-electron chi connectivity index (χ2n) is 6.39. The van der Waals surface area contributed by atoms with Crippen molar-refractivity contribution in [2.45, 2.75) is 65.1 Å². The van der Waals surface area contributed by atoms with Crippen molar-refractivity contribution in [2.24, 2.45) is 0 Å². The van der Waals surface area contributed by atoms with E-state index < -0.39 is 17.5 Å². The Morgan fingerprint density at radius 2 is 1.57 bits per heavy atom. The molecular weight excluding hydrogens is 321 g/mol. The summed E-state index contributed by atoms with van der Waals surface area (Å²) >= 11 is 0. The van der Waals surface area contributed by atoms with Crippen molar-refractivity contribution in [1.29, 1.82) is 0 Å². The second-order valence-corrected chi connectivity index (χ2v) is 7.21. The highest BCUT2D eigenvalue weighted by atomic mass is 28.2. The molecule has 0 N–H and O–H groups in total. The lowest BCUT2D eigenvalue weighted by Gasteiger charge is -2.27. The first-order valence-corrected chi connectivity index (χ1v) is 8.66.